The van der Waals surface area contributed by atoms with Crippen molar-refractivity contribution < 1.29 is 12.9 Å². The van der Waals surface area contributed by atoms with Gasteiger partial charge in [0.05, 0.1) is 22.8 Å². The molecule has 8 nitrogen and oxygen atoms in total. The maximum absolute atomic E-state index is 11.6. The van der Waals surface area contributed by atoms with E-state index in [2.05, 4.69) is 20.2 Å². The van der Waals surface area contributed by atoms with Crippen molar-refractivity contribution in [1.82, 2.24) is 14.9 Å². The number of nitrogens with one attached hydrogen (secondary N) is 2. The van der Waals surface area contributed by atoms with Gasteiger partial charge in [-0.1, -0.05) is 5.16 Å². The number of hydrogen-bond acceptors (Lipinski definition) is 7. The third-order valence-corrected chi connectivity index (χ3v) is 4.02. The number of anilines is 2. The molecule has 0 bridgehead atoms. The van der Waals surface area contributed by atoms with Gasteiger partial charge in [0.1, 0.15) is 0 Å². The Morgan fingerprint density at radius 1 is 1.40 bits per heavy atom. The highest BCUT2D eigenvalue weighted by molar-refractivity contribution is 7.89. The van der Waals surface area contributed by atoms with Crippen LogP contribution in [0.4, 0.5) is 11.4 Å². The largest absolute Gasteiger partial charge is 0.397 e. The molecule has 0 unspecified atom stereocenters. The molecule has 9 heteroatoms. The lowest BCUT2D eigenvalue weighted by Gasteiger charge is -2.09. The highest BCUT2D eigenvalue weighted by atomic mass is 32.2. The van der Waals surface area contributed by atoms with Gasteiger partial charge in [-0.2, -0.15) is 4.98 Å². The number of aromatic nitrogens is 2. The lowest BCUT2D eigenvalue weighted by molar-refractivity contribution is 0.388. The molecule has 0 spiro atoms. The average Bonchev–Trinajstić information content (AvgIpc) is 2.83. The fourth-order valence-electron chi connectivity index (χ4n) is 1.57. The van der Waals surface area contributed by atoms with Gasteiger partial charge in [-0.25, -0.2) is 13.1 Å². The van der Waals surface area contributed by atoms with E-state index in [4.69, 9.17) is 10.3 Å². The smallest absolute Gasteiger partial charge is 0.240 e. The summed E-state index contributed by atoms with van der Waals surface area (Å²) < 4.78 is 30.3. The van der Waals surface area contributed by atoms with Crippen molar-refractivity contribution >= 4 is 21.4 Å². The zero-order chi connectivity index (χ0) is 14.8. The molecular weight excluding hydrogens is 282 g/mol. The molecule has 0 saturated carbocycles. The van der Waals surface area contributed by atoms with E-state index in [1.807, 2.05) is 0 Å². The van der Waals surface area contributed by atoms with Crippen molar-refractivity contribution in [3.63, 3.8) is 0 Å². The molecule has 20 heavy (non-hydrogen) atoms. The predicted molar refractivity (Wildman–Crippen MR) is 73.5 cm³/mol. The van der Waals surface area contributed by atoms with Crippen LogP contribution >= 0.6 is 0 Å². The van der Waals surface area contributed by atoms with Crippen molar-refractivity contribution in [2.45, 2.75) is 18.4 Å². The summed E-state index contributed by atoms with van der Waals surface area (Å²) in [5, 5.41) is 6.75. The first kappa shape index (κ1) is 14.3. The molecule has 0 atom stereocenters. The molecule has 0 aliphatic carbocycles. The van der Waals surface area contributed by atoms with Gasteiger partial charge in [-0.15, -0.1) is 0 Å². The van der Waals surface area contributed by atoms with Crippen molar-refractivity contribution in [2.75, 3.05) is 18.1 Å². The first-order valence-corrected chi connectivity index (χ1v) is 7.27. The third-order valence-electron chi connectivity index (χ3n) is 2.61. The van der Waals surface area contributed by atoms with E-state index in [-0.39, 0.29) is 4.90 Å². The third kappa shape index (κ3) is 3.06. The van der Waals surface area contributed by atoms with Crippen LogP contribution in [0.1, 0.15) is 11.7 Å². The molecular formula is C11H15N5O3S. The van der Waals surface area contributed by atoms with Crippen LogP contribution in [0.3, 0.4) is 0 Å². The molecule has 2 aromatic rings. The van der Waals surface area contributed by atoms with E-state index < -0.39 is 10.0 Å². The van der Waals surface area contributed by atoms with Crippen molar-refractivity contribution in [3.05, 3.63) is 29.9 Å². The average molecular weight is 297 g/mol. The van der Waals surface area contributed by atoms with Crippen LogP contribution in [0, 0.1) is 6.92 Å². The van der Waals surface area contributed by atoms with Gasteiger partial charge in [-0.05, 0) is 25.2 Å². The Kier molecular flexibility index (Phi) is 3.91. The standard InChI is InChI=1S/C11H15N5O3S/c1-7-15-11(16-19-7)6-14-10-4-3-8(5-9(10)12)20(17,18)13-2/h3-5,13-14H,6,12H2,1-2H3. The highest BCUT2D eigenvalue weighted by Gasteiger charge is 2.13. The number of nitrogen functional groups attached to an aromatic ring is 1. The summed E-state index contributed by atoms with van der Waals surface area (Å²) in [6.45, 7) is 2.03. The number of hydrogen-bond donors (Lipinski definition) is 3. The molecule has 1 aromatic carbocycles. The minimum absolute atomic E-state index is 0.110. The molecule has 0 saturated heterocycles. The van der Waals surface area contributed by atoms with E-state index >= 15 is 0 Å². The minimum Gasteiger partial charge on any atom is -0.397 e. The van der Waals surface area contributed by atoms with E-state index in [0.717, 1.165) is 0 Å². The topological polar surface area (TPSA) is 123 Å². The summed E-state index contributed by atoms with van der Waals surface area (Å²) in [5.74, 6) is 0.971. The van der Waals surface area contributed by atoms with E-state index in [9.17, 15) is 8.42 Å². The quantitative estimate of drug-likeness (QED) is 0.686. The lowest BCUT2D eigenvalue weighted by Crippen LogP contribution is -2.18. The Labute approximate surface area is 116 Å². The summed E-state index contributed by atoms with van der Waals surface area (Å²) in [4.78, 5) is 4.15. The lowest BCUT2D eigenvalue weighted by atomic mass is 10.2. The van der Waals surface area contributed by atoms with Crippen molar-refractivity contribution in [3.8, 4) is 0 Å². The van der Waals surface area contributed by atoms with Crippen LogP contribution in [0.5, 0.6) is 0 Å². The number of rotatable bonds is 5. The Balaban J connectivity index is 2.14. The van der Waals surface area contributed by atoms with E-state index in [1.54, 1.807) is 13.0 Å². The number of aryl methyl sites for hydroxylation is 1. The summed E-state index contributed by atoms with van der Waals surface area (Å²) in [5.41, 5.74) is 6.74. The second-order valence-electron chi connectivity index (χ2n) is 4.04. The molecule has 0 radical (unpaired) electrons. The van der Waals surface area contributed by atoms with E-state index in [1.165, 1.54) is 19.2 Å². The SMILES string of the molecule is CNS(=O)(=O)c1ccc(NCc2noc(C)n2)c(N)c1. The molecule has 0 amide bonds. The van der Waals surface area contributed by atoms with Gasteiger partial charge in [0, 0.05) is 6.92 Å². The minimum atomic E-state index is -3.50. The Bertz CT molecular complexity index is 711. The molecule has 2 rings (SSSR count). The van der Waals surface area contributed by atoms with Crippen molar-refractivity contribution in [2.24, 2.45) is 0 Å². The summed E-state index contributed by atoms with van der Waals surface area (Å²) in [6.07, 6.45) is 0. The Morgan fingerprint density at radius 3 is 2.70 bits per heavy atom. The molecule has 1 aromatic heterocycles. The molecule has 0 aliphatic rings. The van der Waals surface area contributed by atoms with Crippen LogP contribution in [-0.4, -0.2) is 25.6 Å². The van der Waals surface area contributed by atoms with Crippen LogP contribution in [0.25, 0.3) is 0 Å². The molecule has 1 heterocycles. The van der Waals surface area contributed by atoms with Crippen LogP contribution in [0.15, 0.2) is 27.6 Å². The van der Waals surface area contributed by atoms with Crippen molar-refractivity contribution in [1.29, 1.82) is 0 Å². The van der Waals surface area contributed by atoms with Crippen LogP contribution in [-0.2, 0) is 16.6 Å². The van der Waals surface area contributed by atoms with Gasteiger partial charge in [0.15, 0.2) is 5.82 Å². The maximum atomic E-state index is 11.6. The predicted octanol–water partition coefficient (Wildman–Crippen LogP) is 0.480. The van der Waals surface area contributed by atoms with E-state index in [0.29, 0.717) is 29.6 Å². The Morgan fingerprint density at radius 2 is 2.15 bits per heavy atom. The fourth-order valence-corrected chi connectivity index (χ4v) is 2.34. The van der Waals surface area contributed by atoms with Gasteiger partial charge in [0.2, 0.25) is 15.9 Å². The second-order valence-corrected chi connectivity index (χ2v) is 5.93. The number of nitrogens with two attached hydrogens (primary N) is 1. The number of benzene rings is 1. The molecule has 108 valence electrons. The Hall–Kier alpha value is -2.13. The van der Waals surface area contributed by atoms with Crippen LogP contribution in [0.2, 0.25) is 0 Å². The first-order chi connectivity index (χ1) is 9.42. The van der Waals surface area contributed by atoms with Gasteiger partial charge < -0.3 is 15.6 Å². The summed E-state index contributed by atoms with van der Waals surface area (Å²) >= 11 is 0. The zero-order valence-corrected chi connectivity index (χ0v) is 11.9. The fraction of sp³-hybridized carbons (Fsp3) is 0.273. The van der Waals surface area contributed by atoms with Crippen LogP contribution < -0.4 is 15.8 Å². The first-order valence-electron chi connectivity index (χ1n) is 5.78. The monoisotopic (exact) mass is 297 g/mol. The maximum Gasteiger partial charge on any atom is 0.240 e. The molecule has 0 aliphatic heterocycles. The van der Waals surface area contributed by atoms with Gasteiger partial charge in [-0.3, -0.25) is 0 Å². The second kappa shape index (κ2) is 5.47. The normalized spacial score (nSPS) is 11.5. The van der Waals surface area contributed by atoms with Gasteiger partial charge in [0.25, 0.3) is 0 Å². The molecule has 0 fully saturated rings. The number of sulfonamides is 1. The summed E-state index contributed by atoms with van der Waals surface area (Å²) in [7, 11) is -2.16. The number of nitrogens with zero attached hydrogens (tertiary/aromatic N) is 2. The zero-order valence-electron chi connectivity index (χ0n) is 11.0. The molecule has 4 N–H and O–H groups in total. The summed E-state index contributed by atoms with van der Waals surface area (Å²) in [6, 6.07) is 4.44. The van der Waals surface area contributed by atoms with Gasteiger partial charge >= 0.3 is 0 Å². The highest BCUT2D eigenvalue weighted by Crippen LogP contribution is 2.22.